The zero-order valence-electron chi connectivity index (χ0n) is 10.6. The summed E-state index contributed by atoms with van der Waals surface area (Å²) >= 11 is 1.37. The average Bonchev–Trinajstić information content (AvgIpc) is 2.74. The van der Waals surface area contributed by atoms with Gasteiger partial charge in [-0.15, -0.1) is 0 Å². The minimum Gasteiger partial charge on any atom is -0.409 e. The molecule has 0 atom stereocenters. The van der Waals surface area contributed by atoms with Crippen LogP contribution in [0.4, 0.5) is 5.13 Å². The van der Waals surface area contributed by atoms with Gasteiger partial charge < -0.3 is 15.8 Å². The lowest BCUT2D eigenvalue weighted by Gasteiger charge is -2.15. The van der Waals surface area contributed by atoms with Crippen molar-refractivity contribution < 1.29 is 5.21 Å². The molecule has 0 saturated heterocycles. The molecule has 0 aliphatic heterocycles. The Morgan fingerprint density at radius 1 is 1.53 bits per heavy atom. The molecule has 0 amide bonds. The van der Waals surface area contributed by atoms with Gasteiger partial charge in [-0.2, -0.15) is 4.37 Å². The first-order valence-electron chi connectivity index (χ1n) is 5.36. The van der Waals surface area contributed by atoms with Crippen molar-refractivity contribution >= 4 is 22.5 Å². The lowest BCUT2D eigenvalue weighted by Crippen LogP contribution is -2.24. The largest absolute Gasteiger partial charge is 0.409 e. The Hall–Kier alpha value is -1.37. The summed E-state index contributed by atoms with van der Waals surface area (Å²) in [5.74, 6) is 1.06. The Labute approximate surface area is 105 Å². The van der Waals surface area contributed by atoms with Crippen LogP contribution < -0.4 is 10.6 Å². The fourth-order valence-corrected chi connectivity index (χ4v) is 1.94. The number of anilines is 1. The third-order valence-electron chi connectivity index (χ3n) is 2.24. The van der Waals surface area contributed by atoms with Gasteiger partial charge in [0.05, 0.1) is 0 Å². The highest BCUT2D eigenvalue weighted by Crippen LogP contribution is 2.24. The van der Waals surface area contributed by atoms with Crippen molar-refractivity contribution in [2.24, 2.45) is 10.9 Å². The van der Waals surface area contributed by atoms with Gasteiger partial charge in [0.2, 0.25) is 5.13 Å². The molecule has 0 aliphatic carbocycles. The number of oxime groups is 1. The molecular weight excluding hydrogens is 238 g/mol. The molecule has 0 saturated carbocycles. The number of nitrogens with two attached hydrogens (primary N) is 1. The quantitative estimate of drug-likeness (QED) is 0.368. The van der Waals surface area contributed by atoms with E-state index in [0.29, 0.717) is 13.0 Å². The van der Waals surface area contributed by atoms with Gasteiger partial charge >= 0.3 is 0 Å². The molecule has 0 fully saturated rings. The van der Waals surface area contributed by atoms with Crippen molar-refractivity contribution in [1.29, 1.82) is 0 Å². The lowest BCUT2D eigenvalue weighted by atomic mass is 9.96. The number of hydrogen-bond acceptors (Lipinski definition) is 6. The molecular formula is C10H19N5OS. The van der Waals surface area contributed by atoms with Crippen LogP contribution in [-0.4, -0.2) is 34.0 Å². The normalized spacial score (nSPS) is 12.8. The van der Waals surface area contributed by atoms with Crippen LogP contribution in [0.25, 0.3) is 0 Å². The van der Waals surface area contributed by atoms with Crippen molar-refractivity contribution in [3.63, 3.8) is 0 Å². The summed E-state index contributed by atoms with van der Waals surface area (Å²) in [6, 6.07) is 0. The van der Waals surface area contributed by atoms with Gasteiger partial charge in [0.15, 0.2) is 0 Å². The number of rotatable bonds is 4. The van der Waals surface area contributed by atoms with Crippen molar-refractivity contribution in [2.75, 3.05) is 18.5 Å². The molecule has 96 valence electrons. The molecule has 7 heteroatoms. The zero-order chi connectivity index (χ0) is 13.1. The van der Waals surface area contributed by atoms with Crippen molar-refractivity contribution in [3.8, 4) is 0 Å². The lowest BCUT2D eigenvalue weighted by molar-refractivity contribution is 0.317. The van der Waals surface area contributed by atoms with E-state index in [4.69, 9.17) is 10.9 Å². The second-order valence-corrected chi connectivity index (χ2v) is 5.64. The van der Waals surface area contributed by atoms with E-state index in [0.717, 1.165) is 11.0 Å². The molecule has 17 heavy (non-hydrogen) atoms. The number of amidine groups is 1. The third kappa shape index (κ3) is 3.85. The van der Waals surface area contributed by atoms with Crippen LogP contribution in [0.3, 0.4) is 0 Å². The van der Waals surface area contributed by atoms with Crippen molar-refractivity contribution in [2.45, 2.75) is 32.6 Å². The van der Waals surface area contributed by atoms with Crippen LogP contribution in [0.15, 0.2) is 5.16 Å². The summed E-state index contributed by atoms with van der Waals surface area (Å²) in [7, 11) is 1.91. The SMILES string of the molecule is CN(CCC(N)=NO)c1nc(C(C)(C)C)ns1. The van der Waals surface area contributed by atoms with Crippen LogP contribution in [0.2, 0.25) is 0 Å². The van der Waals surface area contributed by atoms with Crippen LogP contribution in [-0.2, 0) is 5.41 Å². The Morgan fingerprint density at radius 3 is 2.65 bits per heavy atom. The fourth-order valence-electron chi connectivity index (χ4n) is 1.10. The predicted octanol–water partition coefficient (Wildman–Crippen LogP) is 1.41. The summed E-state index contributed by atoms with van der Waals surface area (Å²) in [6.07, 6.45) is 0.497. The van der Waals surface area contributed by atoms with Crippen LogP contribution in [0.1, 0.15) is 33.0 Å². The van der Waals surface area contributed by atoms with Gasteiger partial charge in [-0.3, -0.25) is 0 Å². The standard InChI is InChI=1S/C10H19N5OS/c1-10(2,3)8-12-9(17-14-8)15(4)6-5-7(11)13-16/h16H,5-6H2,1-4H3,(H2,11,13). The molecule has 6 nitrogen and oxygen atoms in total. The van der Waals surface area contributed by atoms with E-state index in [1.807, 2.05) is 11.9 Å². The number of hydrogen-bond donors (Lipinski definition) is 2. The molecule has 0 spiro atoms. The monoisotopic (exact) mass is 257 g/mol. The fraction of sp³-hybridized carbons (Fsp3) is 0.700. The van der Waals surface area contributed by atoms with Crippen LogP contribution in [0, 0.1) is 0 Å². The number of aromatic nitrogens is 2. The first-order chi connectivity index (χ1) is 7.84. The van der Waals surface area contributed by atoms with Gasteiger partial charge in [-0.05, 0) is 0 Å². The van der Waals surface area contributed by atoms with E-state index < -0.39 is 0 Å². The highest BCUT2D eigenvalue weighted by atomic mass is 32.1. The highest BCUT2D eigenvalue weighted by molar-refractivity contribution is 7.09. The smallest absolute Gasteiger partial charge is 0.204 e. The molecule has 0 radical (unpaired) electrons. The molecule has 0 unspecified atom stereocenters. The van der Waals surface area contributed by atoms with Crippen LogP contribution in [0.5, 0.6) is 0 Å². The van der Waals surface area contributed by atoms with Gasteiger partial charge in [0, 0.05) is 37.0 Å². The summed E-state index contributed by atoms with van der Waals surface area (Å²) in [5.41, 5.74) is 5.37. The zero-order valence-corrected chi connectivity index (χ0v) is 11.5. The summed E-state index contributed by atoms with van der Waals surface area (Å²) in [5, 5.41) is 12.2. The Balaban J connectivity index is 2.64. The Bertz CT molecular complexity index is 396. The minimum atomic E-state index is -0.0405. The van der Waals surface area contributed by atoms with E-state index in [1.165, 1.54) is 11.5 Å². The summed E-state index contributed by atoms with van der Waals surface area (Å²) in [4.78, 5) is 6.42. The second-order valence-electron chi connectivity index (χ2n) is 4.91. The predicted molar refractivity (Wildman–Crippen MR) is 69.9 cm³/mol. The first-order valence-corrected chi connectivity index (χ1v) is 6.13. The molecule has 1 aromatic heterocycles. The first kappa shape index (κ1) is 13.7. The highest BCUT2D eigenvalue weighted by Gasteiger charge is 2.20. The second kappa shape index (κ2) is 5.31. The summed E-state index contributed by atoms with van der Waals surface area (Å²) < 4.78 is 4.33. The Morgan fingerprint density at radius 2 is 2.18 bits per heavy atom. The van der Waals surface area contributed by atoms with Gasteiger partial charge in [0.1, 0.15) is 11.7 Å². The molecule has 0 bridgehead atoms. The van der Waals surface area contributed by atoms with Crippen molar-refractivity contribution in [3.05, 3.63) is 5.82 Å². The molecule has 0 aromatic carbocycles. The van der Waals surface area contributed by atoms with E-state index in [9.17, 15) is 0 Å². The van der Waals surface area contributed by atoms with Gasteiger partial charge in [-0.25, -0.2) is 4.98 Å². The third-order valence-corrected chi connectivity index (χ3v) is 3.07. The molecule has 1 rings (SSSR count). The van der Waals surface area contributed by atoms with E-state index in [1.54, 1.807) is 0 Å². The molecule has 3 N–H and O–H groups in total. The Kier molecular flexibility index (Phi) is 4.28. The van der Waals surface area contributed by atoms with E-state index in [-0.39, 0.29) is 11.3 Å². The van der Waals surface area contributed by atoms with Gasteiger partial charge in [0.25, 0.3) is 0 Å². The van der Waals surface area contributed by atoms with Crippen molar-refractivity contribution in [1.82, 2.24) is 9.36 Å². The van der Waals surface area contributed by atoms with E-state index in [2.05, 4.69) is 35.3 Å². The summed E-state index contributed by atoms with van der Waals surface area (Å²) in [6.45, 7) is 6.88. The minimum absolute atomic E-state index is 0.0405. The average molecular weight is 257 g/mol. The molecule has 1 aromatic rings. The maximum Gasteiger partial charge on any atom is 0.204 e. The van der Waals surface area contributed by atoms with Gasteiger partial charge in [-0.1, -0.05) is 25.9 Å². The maximum atomic E-state index is 8.45. The van der Waals surface area contributed by atoms with E-state index >= 15 is 0 Å². The topological polar surface area (TPSA) is 87.6 Å². The number of nitrogens with zero attached hydrogens (tertiary/aromatic N) is 4. The molecule has 0 aliphatic rings. The molecule has 1 heterocycles. The van der Waals surface area contributed by atoms with Crippen LogP contribution >= 0.6 is 11.5 Å². The maximum absolute atomic E-state index is 8.45.